The highest BCUT2D eigenvalue weighted by Gasteiger charge is 2.14. The van der Waals surface area contributed by atoms with Crippen molar-refractivity contribution in [2.45, 2.75) is 33.2 Å². The molecule has 0 aromatic heterocycles. The maximum atomic E-state index is 11.1. The maximum absolute atomic E-state index is 11.1. The van der Waals surface area contributed by atoms with Gasteiger partial charge in [0.05, 0.1) is 6.61 Å². The van der Waals surface area contributed by atoms with Crippen LogP contribution in [0.2, 0.25) is 0 Å². The van der Waals surface area contributed by atoms with E-state index >= 15 is 0 Å². The Bertz CT molecular complexity index is 187. The van der Waals surface area contributed by atoms with Crippen LogP contribution in [-0.2, 0) is 9.53 Å². The Morgan fingerprint density at radius 3 is 2.46 bits per heavy atom. The van der Waals surface area contributed by atoms with Gasteiger partial charge >= 0.3 is 5.97 Å². The average Bonchev–Trinajstić information content (AvgIpc) is 2.04. The van der Waals surface area contributed by atoms with E-state index in [1.807, 2.05) is 13.8 Å². The van der Waals surface area contributed by atoms with E-state index < -0.39 is 0 Å². The van der Waals surface area contributed by atoms with E-state index in [2.05, 4.69) is 6.58 Å². The second-order valence-electron chi connectivity index (χ2n) is 3.44. The van der Waals surface area contributed by atoms with Crippen molar-refractivity contribution in [3.05, 3.63) is 12.2 Å². The number of carbonyl (C=O) groups is 1. The molecule has 0 saturated heterocycles. The molecule has 3 nitrogen and oxygen atoms in total. The fraction of sp³-hybridized carbons (Fsp3) is 0.700. The fourth-order valence-electron chi connectivity index (χ4n) is 0.837. The summed E-state index contributed by atoms with van der Waals surface area (Å²) in [6.45, 7) is 9.83. The van der Waals surface area contributed by atoms with Crippen molar-refractivity contribution in [1.29, 1.82) is 0 Å². The van der Waals surface area contributed by atoms with Gasteiger partial charge in [0.15, 0.2) is 0 Å². The molecule has 0 aliphatic carbocycles. The van der Waals surface area contributed by atoms with Gasteiger partial charge in [-0.2, -0.15) is 0 Å². The molecule has 0 aromatic rings. The predicted octanol–water partition coefficient (Wildman–Crippen LogP) is 1.48. The molecule has 0 saturated carbocycles. The monoisotopic (exact) mass is 185 g/mol. The molecular weight excluding hydrogens is 166 g/mol. The smallest absolute Gasteiger partial charge is 0.333 e. The standard InChI is InChI=1S/C10H19NO2/c1-5-13-10(12)8(4)6-9(11)7(2)3/h7,9H,4-6,11H2,1-3H3/t9-/m0/s1. The Labute approximate surface area is 79.9 Å². The SMILES string of the molecule is C=C(C[C@H](N)C(C)C)C(=O)OCC. The number of nitrogens with two attached hydrogens (primary N) is 1. The van der Waals surface area contributed by atoms with Crippen LogP contribution in [0.1, 0.15) is 27.2 Å². The second kappa shape index (κ2) is 5.75. The van der Waals surface area contributed by atoms with Gasteiger partial charge in [0.25, 0.3) is 0 Å². The zero-order valence-corrected chi connectivity index (χ0v) is 8.67. The molecule has 0 aromatic carbocycles. The van der Waals surface area contributed by atoms with Gasteiger partial charge in [-0.1, -0.05) is 20.4 Å². The van der Waals surface area contributed by atoms with Crippen molar-refractivity contribution >= 4 is 5.97 Å². The van der Waals surface area contributed by atoms with E-state index in [4.69, 9.17) is 10.5 Å². The summed E-state index contributed by atoms with van der Waals surface area (Å²) in [6, 6.07) is -0.0168. The highest BCUT2D eigenvalue weighted by atomic mass is 16.5. The molecule has 13 heavy (non-hydrogen) atoms. The zero-order valence-electron chi connectivity index (χ0n) is 8.67. The van der Waals surface area contributed by atoms with Gasteiger partial charge in [-0.05, 0) is 19.3 Å². The zero-order chi connectivity index (χ0) is 10.4. The van der Waals surface area contributed by atoms with Crippen LogP contribution in [-0.4, -0.2) is 18.6 Å². The van der Waals surface area contributed by atoms with Gasteiger partial charge in [0, 0.05) is 11.6 Å². The number of hydrogen-bond donors (Lipinski definition) is 1. The topological polar surface area (TPSA) is 52.3 Å². The summed E-state index contributed by atoms with van der Waals surface area (Å²) in [5, 5.41) is 0. The Hall–Kier alpha value is -0.830. The highest BCUT2D eigenvalue weighted by Crippen LogP contribution is 2.10. The van der Waals surface area contributed by atoms with Crippen LogP contribution >= 0.6 is 0 Å². The summed E-state index contributed by atoms with van der Waals surface area (Å²) in [5.41, 5.74) is 6.24. The van der Waals surface area contributed by atoms with Crippen molar-refractivity contribution in [3.63, 3.8) is 0 Å². The maximum Gasteiger partial charge on any atom is 0.333 e. The molecule has 0 aliphatic heterocycles. The number of esters is 1. The third kappa shape index (κ3) is 4.68. The van der Waals surface area contributed by atoms with Crippen LogP contribution in [0.15, 0.2) is 12.2 Å². The van der Waals surface area contributed by atoms with Gasteiger partial charge in [0.2, 0.25) is 0 Å². The molecule has 0 heterocycles. The van der Waals surface area contributed by atoms with Gasteiger partial charge < -0.3 is 10.5 Å². The van der Waals surface area contributed by atoms with Crippen LogP contribution < -0.4 is 5.73 Å². The van der Waals surface area contributed by atoms with Crippen LogP contribution in [0.4, 0.5) is 0 Å². The Balaban J connectivity index is 3.93. The van der Waals surface area contributed by atoms with Gasteiger partial charge in [0.1, 0.15) is 0 Å². The summed E-state index contributed by atoms with van der Waals surface area (Å²) in [7, 11) is 0. The van der Waals surface area contributed by atoms with Gasteiger partial charge in [-0.25, -0.2) is 4.79 Å². The second-order valence-corrected chi connectivity index (χ2v) is 3.44. The first kappa shape index (κ1) is 12.2. The molecule has 0 bridgehead atoms. The average molecular weight is 185 g/mol. The number of carbonyl (C=O) groups excluding carboxylic acids is 1. The molecule has 3 heteroatoms. The minimum atomic E-state index is -0.335. The molecule has 0 unspecified atom stereocenters. The minimum Gasteiger partial charge on any atom is -0.463 e. The minimum absolute atomic E-state index is 0.0168. The Morgan fingerprint density at radius 2 is 2.08 bits per heavy atom. The first-order valence-electron chi connectivity index (χ1n) is 4.59. The number of hydrogen-bond acceptors (Lipinski definition) is 3. The summed E-state index contributed by atoms with van der Waals surface area (Å²) < 4.78 is 4.79. The lowest BCUT2D eigenvalue weighted by molar-refractivity contribution is -0.138. The van der Waals surface area contributed by atoms with Crippen LogP contribution in [0.25, 0.3) is 0 Å². The molecule has 0 radical (unpaired) electrons. The van der Waals surface area contributed by atoms with Crippen molar-refractivity contribution < 1.29 is 9.53 Å². The van der Waals surface area contributed by atoms with E-state index in [0.717, 1.165) is 0 Å². The van der Waals surface area contributed by atoms with Crippen LogP contribution in [0.3, 0.4) is 0 Å². The largest absolute Gasteiger partial charge is 0.463 e. The number of rotatable bonds is 5. The van der Waals surface area contributed by atoms with Crippen molar-refractivity contribution in [3.8, 4) is 0 Å². The molecular formula is C10H19NO2. The normalized spacial score (nSPS) is 12.7. The van der Waals surface area contributed by atoms with Crippen molar-refractivity contribution in [2.24, 2.45) is 11.7 Å². The molecule has 0 aliphatic rings. The van der Waals surface area contributed by atoms with E-state index in [-0.39, 0.29) is 12.0 Å². The van der Waals surface area contributed by atoms with E-state index in [1.54, 1.807) is 6.92 Å². The van der Waals surface area contributed by atoms with Crippen molar-refractivity contribution in [1.82, 2.24) is 0 Å². The quantitative estimate of drug-likeness (QED) is 0.521. The molecule has 1 atom stereocenters. The molecule has 76 valence electrons. The molecule has 0 spiro atoms. The molecule has 2 N–H and O–H groups in total. The van der Waals surface area contributed by atoms with Crippen molar-refractivity contribution in [2.75, 3.05) is 6.61 Å². The van der Waals surface area contributed by atoms with Gasteiger partial charge in [-0.15, -0.1) is 0 Å². The Morgan fingerprint density at radius 1 is 1.54 bits per heavy atom. The third-order valence-corrected chi connectivity index (χ3v) is 1.90. The summed E-state index contributed by atoms with van der Waals surface area (Å²) in [6.07, 6.45) is 0.510. The lowest BCUT2D eigenvalue weighted by Gasteiger charge is -2.15. The first-order valence-corrected chi connectivity index (χ1v) is 4.59. The lowest BCUT2D eigenvalue weighted by Crippen LogP contribution is -2.28. The molecule has 0 fully saturated rings. The third-order valence-electron chi connectivity index (χ3n) is 1.90. The molecule has 0 amide bonds. The van der Waals surface area contributed by atoms with Crippen LogP contribution in [0, 0.1) is 5.92 Å². The Kier molecular flexibility index (Phi) is 5.39. The number of ether oxygens (including phenoxy) is 1. The van der Waals surface area contributed by atoms with E-state index in [0.29, 0.717) is 24.5 Å². The summed E-state index contributed by atoms with van der Waals surface area (Å²) in [4.78, 5) is 11.1. The van der Waals surface area contributed by atoms with Crippen LogP contribution in [0.5, 0.6) is 0 Å². The fourth-order valence-corrected chi connectivity index (χ4v) is 0.837. The van der Waals surface area contributed by atoms with E-state index in [9.17, 15) is 4.79 Å². The summed E-state index contributed by atoms with van der Waals surface area (Å²) >= 11 is 0. The van der Waals surface area contributed by atoms with E-state index in [1.165, 1.54) is 0 Å². The highest BCUT2D eigenvalue weighted by molar-refractivity contribution is 5.87. The summed E-state index contributed by atoms with van der Waals surface area (Å²) in [5.74, 6) is 0.0183. The molecule has 0 rings (SSSR count). The lowest BCUT2D eigenvalue weighted by atomic mass is 9.98. The first-order chi connectivity index (χ1) is 5.99. The van der Waals surface area contributed by atoms with Gasteiger partial charge in [-0.3, -0.25) is 0 Å². The predicted molar refractivity (Wildman–Crippen MR) is 53.2 cm³/mol.